The van der Waals surface area contributed by atoms with Crippen LogP contribution < -0.4 is 10.1 Å². The summed E-state index contributed by atoms with van der Waals surface area (Å²) in [6.45, 7) is 1.94. The SMILES string of the molecule is CNc1cncc(OC[C@H]2CCN2C)c1. The Kier molecular flexibility index (Phi) is 3.06. The fourth-order valence-corrected chi connectivity index (χ4v) is 1.61. The van der Waals surface area contributed by atoms with E-state index in [4.69, 9.17) is 4.74 Å². The number of hydrogen-bond donors (Lipinski definition) is 1. The quantitative estimate of drug-likeness (QED) is 0.805. The fourth-order valence-electron chi connectivity index (χ4n) is 1.61. The second kappa shape index (κ2) is 4.49. The van der Waals surface area contributed by atoms with Gasteiger partial charge < -0.3 is 10.1 Å². The third-order valence-corrected chi connectivity index (χ3v) is 2.88. The zero-order valence-corrected chi connectivity index (χ0v) is 9.23. The second-order valence-corrected chi connectivity index (χ2v) is 3.89. The highest BCUT2D eigenvalue weighted by atomic mass is 16.5. The predicted octanol–water partition coefficient (Wildman–Crippen LogP) is 1.21. The fraction of sp³-hybridized carbons (Fsp3) is 0.545. The number of likely N-dealkylation sites (tertiary alicyclic amines) is 1. The Morgan fingerprint density at radius 3 is 3.07 bits per heavy atom. The van der Waals surface area contributed by atoms with E-state index in [1.54, 1.807) is 12.4 Å². The van der Waals surface area contributed by atoms with Gasteiger partial charge in [-0.25, -0.2) is 0 Å². The molecule has 0 spiro atoms. The normalized spacial score (nSPS) is 20.8. The van der Waals surface area contributed by atoms with E-state index in [2.05, 4.69) is 22.2 Å². The van der Waals surface area contributed by atoms with E-state index in [1.807, 2.05) is 13.1 Å². The maximum atomic E-state index is 5.68. The summed E-state index contributed by atoms with van der Waals surface area (Å²) < 4.78 is 5.68. The highest BCUT2D eigenvalue weighted by Crippen LogP contribution is 2.18. The van der Waals surface area contributed by atoms with E-state index in [-0.39, 0.29) is 0 Å². The molecule has 1 saturated heterocycles. The van der Waals surface area contributed by atoms with Crippen LogP contribution in [0.3, 0.4) is 0 Å². The molecule has 0 unspecified atom stereocenters. The zero-order chi connectivity index (χ0) is 10.7. The molecule has 1 aliphatic rings. The van der Waals surface area contributed by atoms with Crippen LogP contribution in [0.5, 0.6) is 5.75 Å². The van der Waals surface area contributed by atoms with Crippen molar-refractivity contribution in [1.82, 2.24) is 9.88 Å². The van der Waals surface area contributed by atoms with Crippen LogP contribution in [0.4, 0.5) is 5.69 Å². The number of hydrogen-bond acceptors (Lipinski definition) is 4. The lowest BCUT2D eigenvalue weighted by molar-refractivity contribution is 0.0768. The molecule has 15 heavy (non-hydrogen) atoms. The first kappa shape index (κ1) is 10.2. The summed E-state index contributed by atoms with van der Waals surface area (Å²) in [5.74, 6) is 0.835. The Morgan fingerprint density at radius 1 is 1.60 bits per heavy atom. The van der Waals surface area contributed by atoms with Gasteiger partial charge >= 0.3 is 0 Å². The highest BCUT2D eigenvalue weighted by Gasteiger charge is 2.24. The molecule has 1 N–H and O–H groups in total. The van der Waals surface area contributed by atoms with E-state index in [9.17, 15) is 0 Å². The number of likely N-dealkylation sites (N-methyl/N-ethyl adjacent to an activating group) is 1. The molecule has 4 heteroatoms. The van der Waals surface area contributed by atoms with Crippen molar-refractivity contribution < 1.29 is 4.74 Å². The van der Waals surface area contributed by atoms with Crippen LogP contribution >= 0.6 is 0 Å². The molecular weight excluding hydrogens is 190 g/mol. The Hall–Kier alpha value is -1.29. The van der Waals surface area contributed by atoms with E-state index < -0.39 is 0 Å². The van der Waals surface area contributed by atoms with Gasteiger partial charge in [0.2, 0.25) is 0 Å². The van der Waals surface area contributed by atoms with Crippen LogP contribution in [-0.4, -0.2) is 43.2 Å². The second-order valence-electron chi connectivity index (χ2n) is 3.89. The Labute approximate surface area is 90.3 Å². The average molecular weight is 207 g/mol. The molecule has 2 heterocycles. The van der Waals surface area contributed by atoms with Crippen molar-refractivity contribution in [3.63, 3.8) is 0 Å². The lowest BCUT2D eigenvalue weighted by atomic mass is 10.1. The first-order valence-electron chi connectivity index (χ1n) is 5.25. The molecule has 0 aliphatic carbocycles. The van der Waals surface area contributed by atoms with Gasteiger partial charge in [0.1, 0.15) is 12.4 Å². The molecule has 1 aromatic heterocycles. The number of aromatic nitrogens is 1. The van der Waals surface area contributed by atoms with E-state index in [0.29, 0.717) is 6.04 Å². The molecule has 1 atom stereocenters. The largest absolute Gasteiger partial charge is 0.490 e. The van der Waals surface area contributed by atoms with Gasteiger partial charge in [-0.05, 0) is 20.0 Å². The maximum Gasteiger partial charge on any atom is 0.139 e. The molecule has 1 fully saturated rings. The number of nitrogens with one attached hydrogen (secondary N) is 1. The molecule has 2 rings (SSSR count). The molecule has 1 aromatic rings. The lowest BCUT2D eigenvalue weighted by Gasteiger charge is -2.37. The summed E-state index contributed by atoms with van der Waals surface area (Å²) in [5, 5.41) is 3.04. The monoisotopic (exact) mass is 207 g/mol. The van der Waals surface area contributed by atoms with Gasteiger partial charge in [-0.15, -0.1) is 0 Å². The predicted molar refractivity (Wildman–Crippen MR) is 60.3 cm³/mol. The van der Waals surface area contributed by atoms with Gasteiger partial charge in [0.05, 0.1) is 18.1 Å². The molecule has 0 amide bonds. The van der Waals surface area contributed by atoms with Crippen LogP contribution in [0.1, 0.15) is 6.42 Å². The molecule has 0 radical (unpaired) electrons. The molecular formula is C11H17N3O. The van der Waals surface area contributed by atoms with Crippen molar-refractivity contribution in [2.24, 2.45) is 0 Å². The standard InChI is InChI=1S/C11H17N3O/c1-12-9-5-11(7-13-6-9)15-8-10-3-4-14(10)2/h5-7,10,12H,3-4,8H2,1-2H3/t10-/m1/s1. The highest BCUT2D eigenvalue weighted by molar-refractivity contribution is 5.44. The van der Waals surface area contributed by atoms with Crippen molar-refractivity contribution in [2.75, 3.05) is 32.6 Å². The van der Waals surface area contributed by atoms with E-state index in [0.717, 1.165) is 18.0 Å². The summed E-state index contributed by atoms with van der Waals surface area (Å²) in [4.78, 5) is 6.40. The van der Waals surface area contributed by atoms with Crippen LogP contribution in [0.15, 0.2) is 18.5 Å². The Morgan fingerprint density at radius 2 is 2.47 bits per heavy atom. The Balaban J connectivity index is 1.87. The summed E-state index contributed by atoms with van der Waals surface area (Å²) in [6.07, 6.45) is 4.76. The van der Waals surface area contributed by atoms with E-state index in [1.165, 1.54) is 13.0 Å². The summed E-state index contributed by atoms with van der Waals surface area (Å²) in [7, 11) is 4.00. The topological polar surface area (TPSA) is 37.4 Å². The molecule has 4 nitrogen and oxygen atoms in total. The van der Waals surface area contributed by atoms with Gasteiger partial charge in [0.15, 0.2) is 0 Å². The third-order valence-electron chi connectivity index (χ3n) is 2.88. The number of pyridine rings is 1. The Bertz CT molecular complexity index is 329. The van der Waals surface area contributed by atoms with Crippen molar-refractivity contribution >= 4 is 5.69 Å². The lowest BCUT2D eigenvalue weighted by Crippen LogP contribution is -2.48. The maximum absolute atomic E-state index is 5.68. The van der Waals surface area contributed by atoms with Gasteiger partial charge in [0.25, 0.3) is 0 Å². The number of rotatable bonds is 4. The molecule has 1 aliphatic heterocycles. The molecule has 0 aromatic carbocycles. The van der Waals surface area contributed by atoms with Crippen molar-refractivity contribution in [2.45, 2.75) is 12.5 Å². The van der Waals surface area contributed by atoms with Gasteiger partial charge in [0, 0.05) is 19.2 Å². The van der Waals surface area contributed by atoms with Crippen molar-refractivity contribution in [3.05, 3.63) is 18.5 Å². The van der Waals surface area contributed by atoms with Crippen LogP contribution in [-0.2, 0) is 0 Å². The minimum Gasteiger partial charge on any atom is -0.490 e. The van der Waals surface area contributed by atoms with E-state index >= 15 is 0 Å². The smallest absolute Gasteiger partial charge is 0.139 e. The van der Waals surface area contributed by atoms with Crippen LogP contribution in [0.2, 0.25) is 0 Å². The van der Waals surface area contributed by atoms with Crippen molar-refractivity contribution in [3.8, 4) is 5.75 Å². The number of nitrogens with zero attached hydrogens (tertiary/aromatic N) is 2. The van der Waals surface area contributed by atoms with Crippen LogP contribution in [0.25, 0.3) is 0 Å². The zero-order valence-electron chi connectivity index (χ0n) is 9.23. The minimum atomic E-state index is 0.572. The van der Waals surface area contributed by atoms with Gasteiger partial charge in [-0.1, -0.05) is 0 Å². The summed E-state index contributed by atoms with van der Waals surface area (Å²) in [6, 6.07) is 2.54. The third kappa shape index (κ3) is 2.39. The average Bonchev–Trinajstić information content (AvgIpc) is 2.27. The number of anilines is 1. The first-order chi connectivity index (χ1) is 7.29. The molecule has 0 saturated carbocycles. The minimum absolute atomic E-state index is 0.572. The summed E-state index contributed by atoms with van der Waals surface area (Å²) in [5.41, 5.74) is 0.981. The van der Waals surface area contributed by atoms with Gasteiger partial charge in [-0.3, -0.25) is 9.88 Å². The number of ether oxygens (including phenoxy) is 1. The van der Waals surface area contributed by atoms with Gasteiger partial charge in [-0.2, -0.15) is 0 Å². The first-order valence-corrected chi connectivity index (χ1v) is 5.25. The van der Waals surface area contributed by atoms with Crippen LogP contribution in [0, 0.1) is 0 Å². The molecule has 0 bridgehead atoms. The summed E-state index contributed by atoms with van der Waals surface area (Å²) >= 11 is 0. The molecule has 82 valence electrons. The van der Waals surface area contributed by atoms with Crippen molar-refractivity contribution in [1.29, 1.82) is 0 Å².